The number of carbonyl (C=O) groups is 2. The molecule has 0 unspecified atom stereocenters. The number of piperazine rings is 1. The van der Waals surface area contributed by atoms with Crippen molar-refractivity contribution in [2.45, 2.75) is 13.8 Å². The average molecular weight is 382 g/mol. The Labute approximate surface area is 165 Å². The van der Waals surface area contributed by atoms with Gasteiger partial charge in [0.1, 0.15) is 11.3 Å². The van der Waals surface area contributed by atoms with Crippen molar-refractivity contribution in [2.75, 3.05) is 39.8 Å². The van der Waals surface area contributed by atoms with Crippen LogP contribution < -0.4 is 10.1 Å². The van der Waals surface area contributed by atoms with E-state index >= 15 is 0 Å². The van der Waals surface area contributed by atoms with Crippen molar-refractivity contribution >= 4 is 11.8 Å². The molecule has 1 fully saturated rings. The molecule has 0 aliphatic carbocycles. The second-order valence-corrected chi connectivity index (χ2v) is 7.07. The van der Waals surface area contributed by atoms with Crippen LogP contribution in [-0.2, 0) is 4.79 Å². The summed E-state index contributed by atoms with van der Waals surface area (Å²) in [6.45, 7) is 7.03. The molecule has 1 aliphatic heterocycles. The Bertz CT molecular complexity index is 860. The maximum Gasteiger partial charge on any atom is 0.257 e. The molecule has 148 valence electrons. The summed E-state index contributed by atoms with van der Waals surface area (Å²) >= 11 is 0. The molecule has 0 bridgehead atoms. The Hall–Kier alpha value is -2.93. The summed E-state index contributed by atoms with van der Waals surface area (Å²) in [5.41, 5.74) is 2.55. The van der Waals surface area contributed by atoms with Crippen molar-refractivity contribution < 1.29 is 14.3 Å². The molecular formula is C21H26N4O3. The van der Waals surface area contributed by atoms with Crippen molar-refractivity contribution in [3.63, 3.8) is 0 Å². The van der Waals surface area contributed by atoms with Gasteiger partial charge in [-0.1, -0.05) is 6.07 Å². The van der Waals surface area contributed by atoms with Gasteiger partial charge in [0.05, 0.1) is 6.54 Å². The third kappa shape index (κ3) is 4.86. The molecular weight excluding hydrogens is 356 g/mol. The first-order chi connectivity index (χ1) is 13.4. The molecule has 0 atom stereocenters. The fourth-order valence-electron chi connectivity index (χ4n) is 2.95. The largest absolute Gasteiger partial charge is 0.438 e. The fourth-order valence-corrected chi connectivity index (χ4v) is 2.95. The molecule has 1 aromatic carbocycles. The van der Waals surface area contributed by atoms with Crippen LogP contribution >= 0.6 is 0 Å². The molecule has 0 radical (unpaired) electrons. The van der Waals surface area contributed by atoms with E-state index in [-0.39, 0.29) is 24.2 Å². The topological polar surface area (TPSA) is 74.8 Å². The van der Waals surface area contributed by atoms with Gasteiger partial charge in [-0.05, 0) is 56.3 Å². The van der Waals surface area contributed by atoms with E-state index in [0.29, 0.717) is 24.4 Å². The van der Waals surface area contributed by atoms with E-state index in [1.165, 1.54) is 0 Å². The predicted molar refractivity (Wildman–Crippen MR) is 107 cm³/mol. The van der Waals surface area contributed by atoms with Crippen LogP contribution in [0.25, 0.3) is 0 Å². The molecule has 2 heterocycles. The molecule has 1 aromatic heterocycles. The van der Waals surface area contributed by atoms with E-state index in [2.05, 4.69) is 15.2 Å². The van der Waals surface area contributed by atoms with E-state index in [0.717, 1.165) is 24.2 Å². The molecule has 7 heteroatoms. The first kappa shape index (κ1) is 19.8. The van der Waals surface area contributed by atoms with Gasteiger partial charge in [0.25, 0.3) is 5.91 Å². The van der Waals surface area contributed by atoms with Crippen molar-refractivity contribution in [1.29, 1.82) is 0 Å². The number of pyridine rings is 1. The third-order valence-corrected chi connectivity index (χ3v) is 4.96. The van der Waals surface area contributed by atoms with Crippen LogP contribution in [0.15, 0.2) is 36.5 Å². The monoisotopic (exact) mass is 382 g/mol. The zero-order valence-corrected chi connectivity index (χ0v) is 16.6. The molecule has 7 nitrogen and oxygen atoms in total. The van der Waals surface area contributed by atoms with E-state index < -0.39 is 0 Å². The molecule has 2 aromatic rings. The van der Waals surface area contributed by atoms with Gasteiger partial charge in [-0.2, -0.15) is 0 Å². The first-order valence-corrected chi connectivity index (χ1v) is 9.38. The molecule has 2 amide bonds. The lowest BCUT2D eigenvalue weighted by Crippen LogP contribution is -2.50. The molecule has 3 rings (SSSR count). The first-order valence-electron chi connectivity index (χ1n) is 9.38. The molecule has 1 N–H and O–H groups in total. The van der Waals surface area contributed by atoms with Gasteiger partial charge in [0.15, 0.2) is 0 Å². The van der Waals surface area contributed by atoms with Crippen LogP contribution in [0.5, 0.6) is 11.6 Å². The Balaban J connectivity index is 1.63. The van der Waals surface area contributed by atoms with Crippen molar-refractivity contribution in [3.8, 4) is 11.6 Å². The van der Waals surface area contributed by atoms with Crippen LogP contribution in [0, 0.1) is 13.8 Å². The summed E-state index contributed by atoms with van der Waals surface area (Å²) in [4.78, 5) is 33.1. The number of amides is 2. The van der Waals surface area contributed by atoms with Gasteiger partial charge in [0.2, 0.25) is 11.8 Å². The van der Waals surface area contributed by atoms with Gasteiger partial charge in [-0.15, -0.1) is 0 Å². The molecule has 28 heavy (non-hydrogen) atoms. The number of likely N-dealkylation sites (N-methyl/N-ethyl adjacent to an activating group) is 1. The summed E-state index contributed by atoms with van der Waals surface area (Å²) in [7, 11) is 2.03. The average Bonchev–Trinajstić information content (AvgIpc) is 2.69. The van der Waals surface area contributed by atoms with Crippen LogP contribution in [-0.4, -0.2) is 66.4 Å². The lowest BCUT2D eigenvalue weighted by molar-refractivity contribution is -0.131. The Morgan fingerprint density at radius 1 is 1.11 bits per heavy atom. The summed E-state index contributed by atoms with van der Waals surface area (Å²) in [5.74, 6) is 0.371. The van der Waals surface area contributed by atoms with Crippen molar-refractivity contribution in [2.24, 2.45) is 0 Å². The smallest absolute Gasteiger partial charge is 0.257 e. The third-order valence-electron chi connectivity index (χ3n) is 4.96. The number of hydrogen-bond acceptors (Lipinski definition) is 5. The number of aromatic nitrogens is 1. The summed E-state index contributed by atoms with van der Waals surface area (Å²) in [6.07, 6.45) is 1.57. The number of hydrogen-bond donors (Lipinski definition) is 1. The Morgan fingerprint density at radius 2 is 1.86 bits per heavy atom. The van der Waals surface area contributed by atoms with Gasteiger partial charge < -0.3 is 19.9 Å². The minimum absolute atomic E-state index is 0.0411. The lowest BCUT2D eigenvalue weighted by atomic mass is 10.1. The number of ether oxygens (including phenoxy) is 1. The van der Waals surface area contributed by atoms with Gasteiger partial charge in [-0.3, -0.25) is 9.59 Å². The number of carbonyl (C=O) groups excluding carboxylic acids is 2. The fraction of sp³-hybridized carbons (Fsp3) is 0.381. The lowest BCUT2D eigenvalue weighted by Gasteiger charge is -2.32. The van der Waals surface area contributed by atoms with E-state index in [1.54, 1.807) is 23.2 Å². The van der Waals surface area contributed by atoms with Crippen molar-refractivity contribution in [3.05, 3.63) is 53.2 Å². The molecule has 0 saturated carbocycles. The highest BCUT2D eigenvalue weighted by Gasteiger charge is 2.21. The standard InChI is InChI=1S/C21H26N4O3/c1-15-6-7-17(13-16(15)2)28-21-18(5-4-8-22-21)20(27)23-14-19(26)25-11-9-24(3)10-12-25/h4-8,13H,9-12,14H2,1-3H3,(H,23,27). The van der Waals surface area contributed by atoms with Gasteiger partial charge >= 0.3 is 0 Å². The van der Waals surface area contributed by atoms with Crippen LogP contribution in [0.3, 0.4) is 0 Å². The SMILES string of the molecule is Cc1ccc(Oc2ncccc2C(=O)NCC(=O)N2CCN(C)CC2)cc1C. The quantitative estimate of drug-likeness (QED) is 0.856. The minimum Gasteiger partial charge on any atom is -0.438 e. The predicted octanol–water partition coefficient (Wildman–Crippen LogP) is 1.99. The highest BCUT2D eigenvalue weighted by atomic mass is 16.5. The molecule has 1 saturated heterocycles. The minimum atomic E-state index is -0.380. The number of nitrogens with zero attached hydrogens (tertiary/aromatic N) is 3. The molecule has 1 aliphatic rings. The van der Waals surface area contributed by atoms with Gasteiger partial charge in [0, 0.05) is 32.4 Å². The maximum absolute atomic E-state index is 12.6. The van der Waals surface area contributed by atoms with Crippen molar-refractivity contribution in [1.82, 2.24) is 20.1 Å². The van der Waals surface area contributed by atoms with Gasteiger partial charge in [-0.25, -0.2) is 4.98 Å². The van der Waals surface area contributed by atoms with Crippen LogP contribution in [0.4, 0.5) is 0 Å². The highest BCUT2D eigenvalue weighted by molar-refractivity contribution is 5.98. The summed E-state index contributed by atoms with van der Waals surface area (Å²) < 4.78 is 5.83. The number of rotatable bonds is 5. The Kier molecular flexibility index (Phi) is 6.26. The number of aryl methyl sites for hydroxylation is 2. The normalized spacial score (nSPS) is 14.6. The number of benzene rings is 1. The Morgan fingerprint density at radius 3 is 2.57 bits per heavy atom. The second kappa shape index (κ2) is 8.84. The summed E-state index contributed by atoms with van der Waals surface area (Å²) in [5, 5.41) is 2.69. The molecule has 0 spiro atoms. The highest BCUT2D eigenvalue weighted by Crippen LogP contribution is 2.24. The van der Waals surface area contributed by atoms with Crippen LogP contribution in [0.2, 0.25) is 0 Å². The zero-order chi connectivity index (χ0) is 20.1. The number of nitrogens with one attached hydrogen (secondary N) is 1. The van der Waals surface area contributed by atoms with Crippen LogP contribution in [0.1, 0.15) is 21.5 Å². The van der Waals surface area contributed by atoms with E-state index in [9.17, 15) is 9.59 Å². The maximum atomic E-state index is 12.6. The second-order valence-electron chi connectivity index (χ2n) is 7.07. The zero-order valence-electron chi connectivity index (χ0n) is 16.6. The van der Waals surface area contributed by atoms with E-state index in [4.69, 9.17) is 4.74 Å². The van der Waals surface area contributed by atoms with E-state index in [1.807, 2.05) is 39.1 Å². The summed E-state index contributed by atoms with van der Waals surface area (Å²) in [6, 6.07) is 9.02.